The molecule has 1 aromatic rings. The Morgan fingerprint density at radius 1 is 1.40 bits per heavy atom. The van der Waals surface area contributed by atoms with Gasteiger partial charge in [-0.3, -0.25) is 0 Å². The van der Waals surface area contributed by atoms with Gasteiger partial charge in [-0.05, 0) is 6.92 Å². The second-order valence-corrected chi connectivity index (χ2v) is 4.76. The molecular weight excluding hydrogens is 240 g/mol. The Hall–Kier alpha value is -0.720. The Balaban J connectivity index is 2.97. The highest BCUT2D eigenvalue weighted by atomic mass is 35.5. The van der Waals surface area contributed by atoms with E-state index >= 15 is 0 Å². The first-order valence-electron chi connectivity index (χ1n) is 4.20. The summed E-state index contributed by atoms with van der Waals surface area (Å²) in [6.45, 7) is 1.54. The predicted molar refractivity (Wildman–Crippen MR) is 56.6 cm³/mol. The van der Waals surface area contributed by atoms with Gasteiger partial charge in [-0.2, -0.15) is 0 Å². The van der Waals surface area contributed by atoms with Crippen molar-refractivity contribution in [3.63, 3.8) is 0 Å². The number of nitrogens with zero attached hydrogens (tertiary/aromatic N) is 2. The van der Waals surface area contributed by atoms with Gasteiger partial charge in [-0.1, -0.05) is 11.6 Å². The van der Waals surface area contributed by atoms with Gasteiger partial charge in [0.15, 0.2) is 5.82 Å². The highest BCUT2D eigenvalue weighted by Gasteiger charge is 2.23. The number of methoxy groups -OCH3 is 1. The molecule has 1 aromatic heterocycles. The molecule has 0 unspecified atom stereocenters. The van der Waals surface area contributed by atoms with Gasteiger partial charge in [0.2, 0.25) is 0 Å². The van der Waals surface area contributed by atoms with Crippen molar-refractivity contribution in [2.45, 2.75) is 18.3 Å². The van der Waals surface area contributed by atoms with E-state index in [0.29, 0.717) is 10.8 Å². The Morgan fingerprint density at radius 2 is 1.93 bits per heavy atom. The molecule has 7 heteroatoms. The van der Waals surface area contributed by atoms with Crippen LogP contribution in [0.15, 0.2) is 12.4 Å². The van der Waals surface area contributed by atoms with Crippen LogP contribution in [0.3, 0.4) is 0 Å². The molecule has 0 aliphatic heterocycles. The zero-order valence-corrected chi connectivity index (χ0v) is 9.90. The number of halogens is 1. The van der Waals surface area contributed by atoms with Crippen molar-refractivity contribution in [2.75, 3.05) is 7.11 Å². The molecule has 84 valence electrons. The third-order valence-corrected chi connectivity index (χ3v) is 3.05. The largest absolute Gasteiger partial charge is 0.372 e. The van der Waals surface area contributed by atoms with Gasteiger partial charge >= 0.3 is 0 Å². The summed E-state index contributed by atoms with van der Waals surface area (Å²) < 4.78 is 26.7. The van der Waals surface area contributed by atoms with Crippen LogP contribution in [0.1, 0.15) is 18.9 Å². The molecule has 0 fully saturated rings. The van der Waals surface area contributed by atoms with E-state index in [0.717, 1.165) is 0 Å². The zero-order valence-electron chi connectivity index (χ0n) is 8.25. The summed E-state index contributed by atoms with van der Waals surface area (Å²) in [7, 11) is -1.16. The van der Waals surface area contributed by atoms with Crippen LogP contribution in [0.2, 0.25) is 5.02 Å². The first-order chi connectivity index (χ1) is 7.06. The van der Waals surface area contributed by atoms with Gasteiger partial charge < -0.3 is 4.74 Å². The van der Waals surface area contributed by atoms with Gasteiger partial charge in [0.25, 0.3) is 0 Å². The van der Waals surface area contributed by atoms with Crippen molar-refractivity contribution in [1.82, 2.24) is 9.97 Å². The van der Waals surface area contributed by atoms with Crippen LogP contribution in [0.4, 0.5) is 0 Å². The maximum Gasteiger partial charge on any atom is 0.158 e. The molecule has 0 amide bonds. The van der Waals surface area contributed by atoms with Crippen molar-refractivity contribution in [3.05, 3.63) is 23.2 Å². The van der Waals surface area contributed by atoms with Gasteiger partial charge in [0.05, 0.1) is 10.3 Å². The number of aromatic nitrogens is 2. The third-order valence-electron chi connectivity index (χ3n) is 1.92. The number of rotatable bonds is 4. The fraction of sp³-hybridized carbons (Fsp3) is 0.500. The van der Waals surface area contributed by atoms with E-state index in [9.17, 15) is 8.42 Å². The average molecular weight is 251 g/mol. The summed E-state index contributed by atoms with van der Waals surface area (Å²) in [4.78, 5) is 7.83. The summed E-state index contributed by atoms with van der Waals surface area (Å²) >= 11 is 5.62. The number of hydrogen-bond donors (Lipinski definition) is 1. The summed E-state index contributed by atoms with van der Waals surface area (Å²) in [6, 6.07) is 0. The summed E-state index contributed by atoms with van der Waals surface area (Å²) in [5.74, 6) is 0.314. The lowest BCUT2D eigenvalue weighted by atomic mass is 10.2. The highest BCUT2D eigenvalue weighted by molar-refractivity contribution is 7.73. The lowest BCUT2D eigenvalue weighted by molar-refractivity contribution is 0.0956. The minimum Gasteiger partial charge on any atom is -0.372 e. The molecule has 0 saturated heterocycles. The van der Waals surface area contributed by atoms with Crippen LogP contribution >= 0.6 is 11.6 Å². The smallest absolute Gasteiger partial charge is 0.158 e. The van der Waals surface area contributed by atoms with Crippen molar-refractivity contribution < 1.29 is 13.2 Å². The molecule has 2 atom stereocenters. The second-order valence-electron chi connectivity index (χ2n) is 2.94. The molecule has 0 bridgehead atoms. The van der Waals surface area contributed by atoms with Crippen LogP contribution in [0.5, 0.6) is 0 Å². The van der Waals surface area contributed by atoms with E-state index < -0.39 is 22.1 Å². The van der Waals surface area contributed by atoms with Crippen LogP contribution in [-0.4, -0.2) is 30.7 Å². The maximum absolute atomic E-state index is 10.8. The molecule has 1 rings (SSSR count). The van der Waals surface area contributed by atoms with Gasteiger partial charge in [0.1, 0.15) is 16.8 Å². The Labute approximate surface area is 94.4 Å². The predicted octanol–water partition coefficient (Wildman–Crippen LogP) is 0.817. The molecule has 0 spiro atoms. The van der Waals surface area contributed by atoms with Gasteiger partial charge in [-0.25, -0.2) is 18.4 Å². The maximum atomic E-state index is 10.8. The number of hydrogen-bond acceptors (Lipinski definition) is 5. The number of ether oxygens (including phenoxy) is 1. The third kappa shape index (κ3) is 3.12. The summed E-state index contributed by atoms with van der Waals surface area (Å²) in [5.41, 5.74) is 0. The molecule has 0 radical (unpaired) electrons. The standard InChI is InChI=1S/C8H11ClN2O3S/c1-5(15(12)13)7(14-2)8-10-3-6(9)4-11-8/h3-5,7,15H,1-2H3/t5-,7-/m0/s1. The van der Waals surface area contributed by atoms with Crippen LogP contribution in [0.25, 0.3) is 0 Å². The molecule has 0 saturated carbocycles. The topological polar surface area (TPSA) is 69.2 Å². The summed E-state index contributed by atoms with van der Waals surface area (Å²) in [6.07, 6.45) is 2.14. The fourth-order valence-corrected chi connectivity index (χ4v) is 1.67. The van der Waals surface area contributed by atoms with Crippen LogP contribution in [-0.2, 0) is 15.4 Å². The average Bonchev–Trinajstić information content (AvgIpc) is 2.21. The Morgan fingerprint density at radius 3 is 2.33 bits per heavy atom. The highest BCUT2D eigenvalue weighted by Crippen LogP contribution is 2.19. The lowest BCUT2D eigenvalue weighted by Gasteiger charge is -2.16. The molecule has 0 aromatic carbocycles. The minimum absolute atomic E-state index is 0.314. The van der Waals surface area contributed by atoms with Crippen molar-refractivity contribution in [1.29, 1.82) is 0 Å². The van der Waals surface area contributed by atoms with Gasteiger partial charge in [-0.15, -0.1) is 0 Å². The first kappa shape index (κ1) is 12.4. The first-order valence-corrected chi connectivity index (χ1v) is 5.82. The van der Waals surface area contributed by atoms with Gasteiger partial charge in [0, 0.05) is 19.5 Å². The van der Waals surface area contributed by atoms with Crippen LogP contribution < -0.4 is 0 Å². The lowest BCUT2D eigenvalue weighted by Crippen LogP contribution is -2.20. The van der Waals surface area contributed by atoms with Crippen molar-refractivity contribution in [2.24, 2.45) is 0 Å². The molecule has 1 heterocycles. The molecular formula is C8H11ClN2O3S. The fourth-order valence-electron chi connectivity index (χ4n) is 1.10. The minimum atomic E-state index is -2.58. The van der Waals surface area contributed by atoms with E-state index in [4.69, 9.17) is 16.3 Å². The summed E-state index contributed by atoms with van der Waals surface area (Å²) in [5, 5.41) is -0.279. The Kier molecular flexibility index (Phi) is 4.44. The van der Waals surface area contributed by atoms with E-state index in [2.05, 4.69) is 9.97 Å². The van der Waals surface area contributed by atoms with Crippen molar-refractivity contribution in [3.8, 4) is 0 Å². The quantitative estimate of drug-likeness (QED) is 0.802. The molecule has 5 nitrogen and oxygen atoms in total. The van der Waals surface area contributed by atoms with E-state index in [-0.39, 0.29) is 0 Å². The second kappa shape index (κ2) is 5.39. The normalized spacial score (nSPS) is 15.2. The molecule has 0 aliphatic carbocycles. The molecule has 0 aliphatic rings. The van der Waals surface area contributed by atoms with E-state index in [1.54, 1.807) is 0 Å². The number of thiol groups is 1. The van der Waals surface area contributed by atoms with E-state index in [1.165, 1.54) is 26.4 Å². The Bertz CT molecular complexity index is 385. The molecule has 15 heavy (non-hydrogen) atoms. The zero-order chi connectivity index (χ0) is 11.4. The monoisotopic (exact) mass is 250 g/mol. The van der Waals surface area contributed by atoms with Crippen LogP contribution in [0, 0.1) is 0 Å². The van der Waals surface area contributed by atoms with Crippen molar-refractivity contribution >= 4 is 22.3 Å². The van der Waals surface area contributed by atoms with E-state index in [1.807, 2.05) is 0 Å². The molecule has 0 N–H and O–H groups in total. The SMILES string of the molecule is CO[C@H](c1ncc(Cl)cn1)[C@H](C)[SH](=O)=O.